The van der Waals surface area contributed by atoms with Crippen molar-refractivity contribution in [2.24, 2.45) is 17.1 Å². The van der Waals surface area contributed by atoms with Gasteiger partial charge in [0.15, 0.2) is 0 Å². The molecule has 18 heavy (non-hydrogen) atoms. The van der Waals surface area contributed by atoms with Crippen molar-refractivity contribution >= 4 is 34.9 Å². The van der Waals surface area contributed by atoms with Crippen LogP contribution in [0, 0.1) is 11.3 Å². The maximum Gasteiger partial charge on any atom is 0.233 e. The van der Waals surface area contributed by atoms with Gasteiger partial charge in [-0.05, 0) is 30.8 Å². The second-order valence-corrected chi connectivity index (χ2v) is 6.63. The van der Waals surface area contributed by atoms with Gasteiger partial charge in [0, 0.05) is 6.54 Å². The van der Waals surface area contributed by atoms with Crippen molar-refractivity contribution < 1.29 is 4.79 Å². The van der Waals surface area contributed by atoms with Crippen LogP contribution in [0.1, 0.15) is 39.0 Å². The molecule has 0 aliphatic heterocycles. The zero-order valence-corrected chi connectivity index (χ0v) is 13.0. The normalized spacial score (nSPS) is 20.1. The van der Waals surface area contributed by atoms with Crippen LogP contribution in [0.15, 0.2) is 0 Å². The van der Waals surface area contributed by atoms with Crippen LogP contribution < -0.4 is 11.1 Å². The lowest BCUT2D eigenvalue weighted by molar-refractivity contribution is -0.128. The zero-order chi connectivity index (χ0) is 13.6. The maximum atomic E-state index is 12.4. The van der Waals surface area contributed by atoms with E-state index in [9.17, 15) is 4.79 Å². The van der Waals surface area contributed by atoms with Crippen LogP contribution in [0.4, 0.5) is 0 Å². The molecule has 3 nitrogen and oxygen atoms in total. The molecule has 104 valence electrons. The van der Waals surface area contributed by atoms with Gasteiger partial charge in [-0.25, -0.2) is 0 Å². The lowest BCUT2D eigenvalue weighted by atomic mass is 9.73. The highest BCUT2D eigenvalue weighted by atomic mass is 32.2. The second kappa shape index (κ2) is 7.34. The van der Waals surface area contributed by atoms with Gasteiger partial charge in [-0.2, -0.15) is 11.8 Å². The van der Waals surface area contributed by atoms with E-state index in [0.29, 0.717) is 17.5 Å². The van der Waals surface area contributed by atoms with Crippen LogP contribution in [0.5, 0.6) is 0 Å². The molecule has 1 aliphatic carbocycles. The van der Waals surface area contributed by atoms with Gasteiger partial charge in [-0.3, -0.25) is 4.79 Å². The molecular formula is C13H24N2OS2. The molecule has 0 heterocycles. The molecule has 0 aromatic heterocycles. The van der Waals surface area contributed by atoms with Crippen molar-refractivity contribution in [1.29, 1.82) is 0 Å². The van der Waals surface area contributed by atoms with Crippen LogP contribution in [0.2, 0.25) is 0 Å². The predicted octanol–water partition coefficient (Wildman–Crippen LogP) is 2.34. The summed E-state index contributed by atoms with van der Waals surface area (Å²) in [6.45, 7) is 2.86. The summed E-state index contributed by atoms with van der Waals surface area (Å²) < 4.78 is 0. The summed E-state index contributed by atoms with van der Waals surface area (Å²) in [6.07, 6.45) is 6.98. The summed E-state index contributed by atoms with van der Waals surface area (Å²) in [4.78, 5) is 12.8. The molecule has 1 atom stereocenters. The predicted molar refractivity (Wildman–Crippen MR) is 82.9 cm³/mol. The first-order valence-electron chi connectivity index (χ1n) is 6.60. The smallest absolute Gasteiger partial charge is 0.233 e. The van der Waals surface area contributed by atoms with Crippen molar-refractivity contribution in [3.63, 3.8) is 0 Å². The van der Waals surface area contributed by atoms with Gasteiger partial charge in [0.2, 0.25) is 5.91 Å². The van der Waals surface area contributed by atoms with Gasteiger partial charge in [0.1, 0.15) is 0 Å². The molecule has 0 aromatic rings. The second-order valence-electron chi connectivity index (χ2n) is 5.28. The summed E-state index contributed by atoms with van der Waals surface area (Å²) >= 11 is 6.95. The minimum Gasteiger partial charge on any atom is -0.392 e. The van der Waals surface area contributed by atoms with E-state index in [0.717, 1.165) is 31.4 Å². The third-order valence-corrected chi connectivity index (χ3v) is 4.97. The number of nitrogens with two attached hydrogens (primary N) is 1. The average molecular weight is 288 g/mol. The highest BCUT2D eigenvalue weighted by Crippen LogP contribution is 2.36. The van der Waals surface area contributed by atoms with E-state index in [1.807, 2.05) is 0 Å². The van der Waals surface area contributed by atoms with E-state index in [-0.39, 0.29) is 5.91 Å². The minimum atomic E-state index is -0.577. The summed E-state index contributed by atoms with van der Waals surface area (Å²) in [6, 6.07) is 0. The Morgan fingerprint density at radius 2 is 2.06 bits per heavy atom. The number of nitrogens with one attached hydrogen (secondary N) is 1. The first-order chi connectivity index (χ1) is 8.53. The van der Waals surface area contributed by atoms with Gasteiger partial charge in [-0.15, -0.1) is 0 Å². The van der Waals surface area contributed by atoms with Gasteiger partial charge < -0.3 is 11.1 Å². The molecule has 1 amide bonds. The Labute approximate surface area is 120 Å². The van der Waals surface area contributed by atoms with Crippen molar-refractivity contribution in [1.82, 2.24) is 5.32 Å². The number of hydrogen-bond acceptors (Lipinski definition) is 3. The van der Waals surface area contributed by atoms with E-state index < -0.39 is 5.41 Å². The molecule has 0 radical (unpaired) electrons. The minimum absolute atomic E-state index is 0.0441. The number of carbonyl (C=O) groups excluding carboxylic acids is 1. The van der Waals surface area contributed by atoms with E-state index in [1.165, 1.54) is 6.42 Å². The summed E-state index contributed by atoms with van der Waals surface area (Å²) in [5.74, 6) is 1.58. The quantitative estimate of drug-likeness (QED) is 0.737. The molecule has 1 unspecified atom stereocenters. The van der Waals surface area contributed by atoms with Gasteiger partial charge in [0.05, 0.1) is 10.4 Å². The lowest BCUT2D eigenvalue weighted by Gasteiger charge is -2.35. The fourth-order valence-corrected chi connectivity index (χ4v) is 3.50. The average Bonchev–Trinajstić information content (AvgIpc) is 2.37. The third-order valence-electron chi connectivity index (χ3n) is 3.68. The topological polar surface area (TPSA) is 55.1 Å². The van der Waals surface area contributed by atoms with Crippen LogP contribution in [-0.4, -0.2) is 29.4 Å². The first-order valence-corrected chi connectivity index (χ1v) is 8.40. The van der Waals surface area contributed by atoms with Gasteiger partial charge >= 0.3 is 0 Å². The largest absolute Gasteiger partial charge is 0.392 e. The Morgan fingerprint density at radius 3 is 2.56 bits per heavy atom. The van der Waals surface area contributed by atoms with Crippen LogP contribution in [0.25, 0.3) is 0 Å². The number of rotatable bonds is 6. The fourth-order valence-electron chi connectivity index (χ4n) is 2.52. The molecule has 1 saturated carbocycles. The number of hydrogen-bond donors (Lipinski definition) is 2. The van der Waals surface area contributed by atoms with Crippen LogP contribution in [0.3, 0.4) is 0 Å². The highest BCUT2D eigenvalue weighted by Gasteiger charge is 2.42. The SMILES string of the molecule is CSCC(C)CNC(=O)C1(C(N)=S)CCCCC1. The lowest BCUT2D eigenvalue weighted by Crippen LogP contribution is -2.50. The van der Waals surface area contributed by atoms with Gasteiger partial charge in [-0.1, -0.05) is 38.4 Å². The van der Waals surface area contributed by atoms with Crippen molar-refractivity contribution in [3.05, 3.63) is 0 Å². The van der Waals surface area contributed by atoms with E-state index >= 15 is 0 Å². The zero-order valence-electron chi connectivity index (χ0n) is 11.3. The molecule has 1 rings (SSSR count). The van der Waals surface area contributed by atoms with Gasteiger partial charge in [0.25, 0.3) is 0 Å². The summed E-state index contributed by atoms with van der Waals surface area (Å²) in [5.41, 5.74) is 5.26. The Hall–Kier alpha value is -0.290. The monoisotopic (exact) mass is 288 g/mol. The van der Waals surface area contributed by atoms with E-state index in [2.05, 4.69) is 18.5 Å². The molecule has 0 aromatic carbocycles. The summed E-state index contributed by atoms with van der Waals surface area (Å²) in [5, 5.41) is 3.04. The molecule has 0 bridgehead atoms. The van der Waals surface area contributed by atoms with Crippen LogP contribution in [-0.2, 0) is 4.79 Å². The molecule has 0 spiro atoms. The standard InChI is InChI=1S/C13H24N2OS2/c1-10(9-18-2)8-15-12(16)13(11(14)17)6-4-3-5-7-13/h10H,3-9H2,1-2H3,(H2,14,17)(H,15,16). The van der Waals surface area contributed by atoms with Crippen molar-refractivity contribution in [2.45, 2.75) is 39.0 Å². The number of thioether (sulfide) groups is 1. The molecular weight excluding hydrogens is 264 g/mol. The Bertz CT molecular complexity index is 301. The Kier molecular flexibility index (Phi) is 6.43. The Balaban J connectivity index is 2.58. The fraction of sp³-hybridized carbons (Fsp3) is 0.846. The van der Waals surface area contributed by atoms with E-state index in [1.54, 1.807) is 11.8 Å². The number of thiocarbonyl (C=S) groups is 1. The summed E-state index contributed by atoms with van der Waals surface area (Å²) in [7, 11) is 0. The molecule has 3 N–H and O–H groups in total. The van der Waals surface area contributed by atoms with Crippen molar-refractivity contribution in [3.8, 4) is 0 Å². The molecule has 1 fully saturated rings. The van der Waals surface area contributed by atoms with E-state index in [4.69, 9.17) is 18.0 Å². The number of amides is 1. The first kappa shape index (κ1) is 15.8. The molecule has 0 saturated heterocycles. The molecule has 1 aliphatic rings. The van der Waals surface area contributed by atoms with Crippen molar-refractivity contribution in [2.75, 3.05) is 18.6 Å². The maximum absolute atomic E-state index is 12.4. The third kappa shape index (κ3) is 3.85. The van der Waals surface area contributed by atoms with Crippen LogP contribution >= 0.6 is 24.0 Å². The highest BCUT2D eigenvalue weighted by molar-refractivity contribution is 7.98. The number of carbonyl (C=O) groups is 1. The molecule has 5 heteroatoms. The Morgan fingerprint density at radius 1 is 1.44 bits per heavy atom.